The van der Waals surface area contributed by atoms with Crippen LogP contribution in [0.3, 0.4) is 0 Å². The third-order valence-electron chi connectivity index (χ3n) is 4.02. The Hall–Kier alpha value is -1.31. The van der Waals surface area contributed by atoms with Crippen LogP contribution in [0.1, 0.15) is 16.7 Å². The summed E-state index contributed by atoms with van der Waals surface area (Å²) in [4.78, 5) is 0. The first-order valence-corrected chi connectivity index (χ1v) is 7.08. The molecule has 0 amide bonds. The van der Waals surface area contributed by atoms with Gasteiger partial charge in [-0.15, -0.1) is 0 Å². The summed E-state index contributed by atoms with van der Waals surface area (Å²) in [5.41, 5.74) is 4.29. The van der Waals surface area contributed by atoms with Crippen molar-refractivity contribution in [1.82, 2.24) is 5.32 Å². The third-order valence-corrected chi connectivity index (χ3v) is 4.26. The van der Waals surface area contributed by atoms with Crippen LogP contribution in [-0.2, 0) is 11.8 Å². The summed E-state index contributed by atoms with van der Waals surface area (Å²) < 4.78 is 0. The molecular formula is C17H18ClN. The normalized spacial score (nSPS) is 16.9. The van der Waals surface area contributed by atoms with E-state index in [-0.39, 0.29) is 5.41 Å². The monoisotopic (exact) mass is 271 g/mol. The molecule has 2 aromatic carbocycles. The highest BCUT2D eigenvalue weighted by Gasteiger charge is 2.38. The van der Waals surface area contributed by atoms with Gasteiger partial charge in [-0.3, -0.25) is 0 Å². The van der Waals surface area contributed by atoms with Gasteiger partial charge in [0, 0.05) is 23.5 Å². The SMILES string of the molecule is Cc1ccc(C2(Cc3cccc(Cl)c3)CNC2)cc1. The van der Waals surface area contributed by atoms with Gasteiger partial charge in [0.15, 0.2) is 0 Å². The fraction of sp³-hybridized carbons (Fsp3) is 0.294. The van der Waals surface area contributed by atoms with Crippen molar-refractivity contribution in [2.45, 2.75) is 18.8 Å². The summed E-state index contributed by atoms with van der Waals surface area (Å²) in [5.74, 6) is 0. The Morgan fingerprint density at radius 3 is 2.42 bits per heavy atom. The standard InChI is InChI=1S/C17H18ClN/c1-13-5-7-15(8-6-13)17(11-19-12-17)10-14-3-2-4-16(18)9-14/h2-9,19H,10-12H2,1H3. The first-order chi connectivity index (χ1) is 9.18. The van der Waals surface area contributed by atoms with E-state index in [1.807, 2.05) is 12.1 Å². The number of hydrogen-bond acceptors (Lipinski definition) is 1. The quantitative estimate of drug-likeness (QED) is 0.897. The van der Waals surface area contributed by atoms with E-state index >= 15 is 0 Å². The van der Waals surface area contributed by atoms with Gasteiger partial charge in [0.1, 0.15) is 0 Å². The second kappa shape index (κ2) is 4.99. The van der Waals surface area contributed by atoms with Crippen molar-refractivity contribution < 1.29 is 0 Å². The molecule has 0 aromatic heterocycles. The van der Waals surface area contributed by atoms with E-state index in [1.54, 1.807) is 0 Å². The second-order valence-electron chi connectivity index (χ2n) is 5.56. The number of aryl methyl sites for hydroxylation is 1. The zero-order valence-corrected chi connectivity index (χ0v) is 11.9. The van der Waals surface area contributed by atoms with E-state index < -0.39 is 0 Å². The lowest BCUT2D eigenvalue weighted by molar-refractivity contribution is 0.274. The lowest BCUT2D eigenvalue weighted by Gasteiger charge is -2.43. The van der Waals surface area contributed by atoms with Crippen molar-refractivity contribution in [1.29, 1.82) is 0 Å². The first kappa shape index (κ1) is 12.7. The molecule has 2 aromatic rings. The van der Waals surface area contributed by atoms with Crippen LogP contribution < -0.4 is 5.32 Å². The van der Waals surface area contributed by atoms with Crippen molar-refractivity contribution in [2.24, 2.45) is 0 Å². The number of benzene rings is 2. The molecule has 1 N–H and O–H groups in total. The van der Waals surface area contributed by atoms with Crippen LogP contribution in [0.5, 0.6) is 0 Å². The van der Waals surface area contributed by atoms with Crippen molar-refractivity contribution >= 4 is 11.6 Å². The van der Waals surface area contributed by atoms with Crippen molar-refractivity contribution in [3.8, 4) is 0 Å². The maximum absolute atomic E-state index is 6.09. The van der Waals surface area contributed by atoms with Crippen LogP contribution in [0.2, 0.25) is 5.02 Å². The van der Waals surface area contributed by atoms with Gasteiger partial charge in [0.25, 0.3) is 0 Å². The minimum atomic E-state index is 0.235. The van der Waals surface area contributed by atoms with E-state index in [2.05, 4.69) is 48.6 Å². The average molecular weight is 272 g/mol. The molecule has 98 valence electrons. The van der Waals surface area contributed by atoms with Crippen molar-refractivity contribution in [3.63, 3.8) is 0 Å². The molecule has 19 heavy (non-hydrogen) atoms. The molecule has 0 bridgehead atoms. The van der Waals surface area contributed by atoms with Crippen LogP contribution in [0.4, 0.5) is 0 Å². The van der Waals surface area contributed by atoms with Crippen molar-refractivity contribution in [2.75, 3.05) is 13.1 Å². The van der Waals surface area contributed by atoms with Crippen LogP contribution in [0, 0.1) is 6.92 Å². The van der Waals surface area contributed by atoms with Crippen LogP contribution in [0.15, 0.2) is 48.5 Å². The fourth-order valence-electron chi connectivity index (χ4n) is 2.80. The largest absolute Gasteiger partial charge is 0.315 e. The maximum atomic E-state index is 6.09. The Morgan fingerprint density at radius 2 is 1.84 bits per heavy atom. The Morgan fingerprint density at radius 1 is 1.11 bits per heavy atom. The molecule has 2 heteroatoms. The minimum absolute atomic E-state index is 0.235. The van der Waals surface area contributed by atoms with Gasteiger partial charge in [0.2, 0.25) is 0 Å². The lowest BCUT2D eigenvalue weighted by atomic mass is 9.71. The Bertz CT molecular complexity index is 570. The van der Waals surface area contributed by atoms with Gasteiger partial charge in [-0.05, 0) is 36.6 Å². The molecule has 3 rings (SSSR count). The topological polar surface area (TPSA) is 12.0 Å². The Labute approximate surface area is 119 Å². The van der Waals surface area contributed by atoms with Gasteiger partial charge < -0.3 is 5.32 Å². The molecular weight excluding hydrogens is 254 g/mol. The molecule has 1 fully saturated rings. The van der Waals surface area contributed by atoms with Gasteiger partial charge in [-0.2, -0.15) is 0 Å². The number of rotatable bonds is 3. The zero-order chi connectivity index (χ0) is 13.3. The molecule has 0 aliphatic carbocycles. The molecule has 0 unspecified atom stereocenters. The average Bonchev–Trinajstić information content (AvgIpc) is 2.35. The fourth-order valence-corrected chi connectivity index (χ4v) is 3.02. The number of halogens is 1. The Kier molecular flexibility index (Phi) is 3.34. The molecule has 1 heterocycles. The summed E-state index contributed by atoms with van der Waals surface area (Å²) in [6.07, 6.45) is 1.05. The zero-order valence-electron chi connectivity index (χ0n) is 11.1. The van der Waals surface area contributed by atoms with E-state index in [1.165, 1.54) is 16.7 Å². The summed E-state index contributed by atoms with van der Waals surface area (Å²) in [6, 6.07) is 17.1. The summed E-state index contributed by atoms with van der Waals surface area (Å²) >= 11 is 6.09. The molecule has 0 radical (unpaired) electrons. The highest BCUT2D eigenvalue weighted by Crippen LogP contribution is 2.33. The van der Waals surface area contributed by atoms with Gasteiger partial charge in [-0.1, -0.05) is 53.6 Å². The highest BCUT2D eigenvalue weighted by atomic mass is 35.5. The summed E-state index contributed by atoms with van der Waals surface area (Å²) in [5, 5.41) is 4.24. The third kappa shape index (κ3) is 2.54. The minimum Gasteiger partial charge on any atom is -0.315 e. The van der Waals surface area contributed by atoms with Gasteiger partial charge in [-0.25, -0.2) is 0 Å². The molecule has 0 atom stereocenters. The molecule has 1 aliphatic rings. The predicted molar refractivity (Wildman–Crippen MR) is 80.9 cm³/mol. The summed E-state index contributed by atoms with van der Waals surface area (Å²) in [7, 11) is 0. The molecule has 0 saturated carbocycles. The van der Waals surface area contributed by atoms with Gasteiger partial charge in [0.05, 0.1) is 0 Å². The Balaban J connectivity index is 1.89. The highest BCUT2D eigenvalue weighted by molar-refractivity contribution is 6.30. The van der Waals surface area contributed by atoms with Gasteiger partial charge >= 0.3 is 0 Å². The molecule has 0 spiro atoms. The van der Waals surface area contributed by atoms with Crippen LogP contribution in [-0.4, -0.2) is 13.1 Å². The molecule has 1 saturated heterocycles. The van der Waals surface area contributed by atoms with E-state index in [0.717, 1.165) is 24.5 Å². The lowest BCUT2D eigenvalue weighted by Crippen LogP contribution is -2.58. The maximum Gasteiger partial charge on any atom is 0.0408 e. The van der Waals surface area contributed by atoms with E-state index in [0.29, 0.717) is 0 Å². The van der Waals surface area contributed by atoms with E-state index in [4.69, 9.17) is 11.6 Å². The summed E-state index contributed by atoms with van der Waals surface area (Å²) in [6.45, 7) is 4.22. The smallest absolute Gasteiger partial charge is 0.0408 e. The van der Waals surface area contributed by atoms with E-state index in [9.17, 15) is 0 Å². The molecule has 1 aliphatic heterocycles. The molecule has 1 nitrogen and oxygen atoms in total. The van der Waals surface area contributed by atoms with Crippen LogP contribution >= 0.6 is 11.6 Å². The number of hydrogen-bond donors (Lipinski definition) is 1. The second-order valence-corrected chi connectivity index (χ2v) is 5.99. The van der Waals surface area contributed by atoms with Crippen molar-refractivity contribution in [3.05, 3.63) is 70.2 Å². The van der Waals surface area contributed by atoms with Crippen LogP contribution in [0.25, 0.3) is 0 Å². The first-order valence-electron chi connectivity index (χ1n) is 6.70. The predicted octanol–water partition coefficient (Wildman–Crippen LogP) is 3.73. The number of nitrogens with one attached hydrogen (secondary N) is 1.